The minimum atomic E-state index is -0.520. The average molecular weight is 469 g/mol. The quantitative estimate of drug-likeness (QED) is 0.529. The summed E-state index contributed by atoms with van der Waals surface area (Å²) in [6.07, 6.45) is 5.00. The molecule has 0 saturated heterocycles. The molecular weight excluding hydrogens is 452 g/mol. The van der Waals surface area contributed by atoms with E-state index in [0.29, 0.717) is 45.5 Å². The zero-order chi connectivity index (χ0) is 21.7. The Kier molecular flexibility index (Phi) is 6.60. The van der Waals surface area contributed by atoms with Crippen LogP contribution in [0.5, 0.6) is 0 Å². The van der Waals surface area contributed by atoms with Crippen LogP contribution < -0.4 is 5.43 Å². The normalized spacial score (nSPS) is 13.8. The van der Waals surface area contributed by atoms with Gasteiger partial charge in [-0.3, -0.25) is 14.6 Å². The van der Waals surface area contributed by atoms with Crippen molar-refractivity contribution in [2.75, 3.05) is 13.1 Å². The molecule has 0 saturated carbocycles. The molecule has 2 aromatic heterocycles. The maximum Gasteiger partial charge on any atom is 0.291 e. The molecule has 2 amide bonds. The van der Waals surface area contributed by atoms with Crippen molar-refractivity contribution < 1.29 is 14.0 Å². The molecule has 2 aromatic rings. The number of nitrogens with one attached hydrogen (secondary N) is 1. The van der Waals surface area contributed by atoms with Gasteiger partial charge in [-0.1, -0.05) is 0 Å². The number of halogens is 1. The van der Waals surface area contributed by atoms with Crippen LogP contribution in [0.3, 0.4) is 0 Å². The van der Waals surface area contributed by atoms with Crippen molar-refractivity contribution in [3.05, 3.63) is 51.1 Å². The fraction of sp³-hybridized carbons (Fsp3) is 0.300. The SMILES string of the molecule is Cc1c(C(=O)N(CC#N)CC#N)oc2c1/C(=N/NC(=O)c1cncc(Br)c1)CCC2. The van der Waals surface area contributed by atoms with Gasteiger partial charge in [0.1, 0.15) is 18.8 Å². The lowest BCUT2D eigenvalue weighted by atomic mass is 9.93. The Labute approximate surface area is 181 Å². The van der Waals surface area contributed by atoms with Gasteiger partial charge in [-0.25, -0.2) is 5.43 Å². The first-order valence-electron chi connectivity index (χ1n) is 9.09. The Balaban J connectivity index is 1.88. The highest BCUT2D eigenvalue weighted by molar-refractivity contribution is 9.10. The number of carbonyl (C=O) groups is 2. The highest BCUT2D eigenvalue weighted by atomic mass is 79.9. The van der Waals surface area contributed by atoms with Crippen molar-refractivity contribution in [3.8, 4) is 12.1 Å². The number of furan rings is 1. The summed E-state index contributed by atoms with van der Waals surface area (Å²) >= 11 is 3.27. The van der Waals surface area contributed by atoms with Gasteiger partial charge in [-0.15, -0.1) is 0 Å². The summed E-state index contributed by atoms with van der Waals surface area (Å²) in [5.74, 6) is -0.237. The molecular formula is C20H17BrN6O3. The Morgan fingerprint density at radius 3 is 2.70 bits per heavy atom. The van der Waals surface area contributed by atoms with Crippen molar-refractivity contribution in [2.45, 2.75) is 26.2 Å². The van der Waals surface area contributed by atoms with E-state index < -0.39 is 11.8 Å². The lowest BCUT2D eigenvalue weighted by Gasteiger charge is -2.14. The Morgan fingerprint density at radius 2 is 2.03 bits per heavy atom. The zero-order valence-corrected chi connectivity index (χ0v) is 17.7. The summed E-state index contributed by atoms with van der Waals surface area (Å²) in [6, 6.07) is 5.39. The summed E-state index contributed by atoms with van der Waals surface area (Å²) in [5, 5.41) is 22.1. The van der Waals surface area contributed by atoms with Gasteiger partial charge in [-0.05, 0) is 41.8 Å². The van der Waals surface area contributed by atoms with E-state index in [2.05, 4.69) is 31.4 Å². The molecule has 2 heterocycles. The maximum atomic E-state index is 12.8. The van der Waals surface area contributed by atoms with Gasteiger partial charge < -0.3 is 9.32 Å². The predicted molar refractivity (Wildman–Crippen MR) is 109 cm³/mol. The number of carbonyl (C=O) groups excluding carboxylic acids is 2. The van der Waals surface area contributed by atoms with E-state index in [9.17, 15) is 9.59 Å². The van der Waals surface area contributed by atoms with Crippen molar-refractivity contribution >= 4 is 33.5 Å². The first-order valence-corrected chi connectivity index (χ1v) is 9.88. The molecule has 0 fully saturated rings. The number of nitrogens with zero attached hydrogens (tertiary/aromatic N) is 5. The first kappa shape index (κ1) is 21.2. The fourth-order valence-corrected chi connectivity index (χ4v) is 3.58. The molecule has 1 aliphatic carbocycles. The van der Waals surface area contributed by atoms with Crippen LogP contribution in [0, 0.1) is 29.6 Å². The summed E-state index contributed by atoms with van der Waals surface area (Å²) in [6.45, 7) is 1.30. The smallest absolute Gasteiger partial charge is 0.291 e. The fourth-order valence-electron chi connectivity index (χ4n) is 3.22. The highest BCUT2D eigenvalue weighted by Gasteiger charge is 2.30. The van der Waals surface area contributed by atoms with Crippen LogP contribution in [0.2, 0.25) is 0 Å². The molecule has 3 rings (SSSR count). The van der Waals surface area contributed by atoms with Crippen molar-refractivity contribution in [1.29, 1.82) is 10.5 Å². The highest BCUT2D eigenvalue weighted by Crippen LogP contribution is 2.30. The lowest BCUT2D eigenvalue weighted by molar-refractivity contribution is 0.0760. The topological polar surface area (TPSA) is 135 Å². The van der Waals surface area contributed by atoms with Crippen LogP contribution in [-0.4, -0.2) is 40.5 Å². The molecule has 0 bridgehead atoms. The molecule has 0 spiro atoms. The number of hydrogen-bond acceptors (Lipinski definition) is 7. The van der Waals surface area contributed by atoms with Gasteiger partial charge in [-0.2, -0.15) is 15.6 Å². The zero-order valence-electron chi connectivity index (χ0n) is 16.1. The number of fused-ring (bicyclic) bond motifs is 1. The Morgan fingerprint density at radius 1 is 1.30 bits per heavy atom. The van der Waals surface area contributed by atoms with E-state index in [4.69, 9.17) is 14.9 Å². The number of amides is 2. The molecule has 1 aliphatic rings. The maximum absolute atomic E-state index is 12.8. The third-order valence-corrected chi connectivity index (χ3v) is 5.02. The average Bonchev–Trinajstić information content (AvgIpc) is 3.08. The van der Waals surface area contributed by atoms with Gasteiger partial charge >= 0.3 is 0 Å². The number of aromatic nitrogens is 1. The first-order chi connectivity index (χ1) is 14.5. The molecule has 0 radical (unpaired) electrons. The Bertz CT molecular complexity index is 1090. The summed E-state index contributed by atoms with van der Waals surface area (Å²) in [4.78, 5) is 30.2. The minimum absolute atomic E-state index is 0.0858. The van der Waals surface area contributed by atoms with E-state index in [1.54, 1.807) is 19.2 Å². The van der Waals surface area contributed by atoms with Crippen molar-refractivity contribution in [1.82, 2.24) is 15.3 Å². The number of rotatable bonds is 5. The van der Waals surface area contributed by atoms with Gasteiger partial charge in [0, 0.05) is 34.4 Å². The number of pyridine rings is 1. The summed E-state index contributed by atoms with van der Waals surface area (Å²) < 4.78 is 6.47. The third kappa shape index (κ3) is 4.39. The molecule has 1 N–H and O–H groups in total. The number of aryl methyl sites for hydroxylation is 1. The van der Waals surface area contributed by atoms with E-state index in [0.717, 1.165) is 11.3 Å². The number of hydrogen-bond donors (Lipinski definition) is 1. The van der Waals surface area contributed by atoms with E-state index in [1.165, 1.54) is 6.20 Å². The van der Waals surface area contributed by atoms with E-state index in [1.807, 2.05) is 12.1 Å². The molecule has 30 heavy (non-hydrogen) atoms. The molecule has 0 unspecified atom stereocenters. The van der Waals surface area contributed by atoms with Gasteiger partial charge in [0.15, 0.2) is 5.76 Å². The second-order valence-corrected chi connectivity index (χ2v) is 7.49. The Hall–Kier alpha value is -3.50. The van der Waals surface area contributed by atoms with Gasteiger partial charge in [0.25, 0.3) is 11.8 Å². The van der Waals surface area contributed by atoms with Crippen LogP contribution in [0.25, 0.3) is 0 Å². The van der Waals surface area contributed by atoms with E-state index in [-0.39, 0.29) is 18.8 Å². The number of nitriles is 2. The molecule has 9 nitrogen and oxygen atoms in total. The van der Waals surface area contributed by atoms with Crippen LogP contribution in [0.15, 0.2) is 32.5 Å². The monoisotopic (exact) mass is 468 g/mol. The van der Waals surface area contributed by atoms with E-state index >= 15 is 0 Å². The second kappa shape index (κ2) is 9.33. The van der Waals surface area contributed by atoms with Crippen molar-refractivity contribution in [2.24, 2.45) is 5.10 Å². The molecule has 10 heteroatoms. The van der Waals surface area contributed by atoms with Crippen LogP contribution >= 0.6 is 15.9 Å². The van der Waals surface area contributed by atoms with Gasteiger partial charge in [0.2, 0.25) is 0 Å². The number of hydrazone groups is 1. The van der Waals surface area contributed by atoms with Gasteiger partial charge in [0.05, 0.1) is 23.4 Å². The molecule has 0 atom stereocenters. The molecule has 152 valence electrons. The predicted octanol–water partition coefficient (Wildman–Crippen LogP) is 2.71. The third-order valence-electron chi connectivity index (χ3n) is 4.59. The van der Waals surface area contributed by atoms with Crippen LogP contribution in [0.1, 0.15) is 50.6 Å². The van der Waals surface area contributed by atoms with Crippen LogP contribution in [0.4, 0.5) is 0 Å². The summed E-state index contributed by atoms with van der Waals surface area (Å²) in [7, 11) is 0. The second-order valence-electron chi connectivity index (χ2n) is 6.58. The van der Waals surface area contributed by atoms with Crippen molar-refractivity contribution in [3.63, 3.8) is 0 Å². The minimum Gasteiger partial charge on any atom is -0.455 e. The largest absolute Gasteiger partial charge is 0.455 e. The standard InChI is InChI=1S/C20H17BrN6O3/c1-12-17-15(25-26-19(28)13-9-14(21)11-24-10-13)3-2-4-16(17)30-18(12)20(29)27(7-5-22)8-6-23/h9-11H,2-4,7-8H2,1H3,(H,26,28)/b25-15+. The molecule has 0 aromatic carbocycles. The summed E-state index contributed by atoms with van der Waals surface area (Å²) in [5.41, 5.74) is 4.76. The van der Waals surface area contributed by atoms with Crippen LogP contribution in [-0.2, 0) is 6.42 Å². The molecule has 0 aliphatic heterocycles. The lowest BCUT2D eigenvalue weighted by Crippen LogP contribution is -2.32.